The Morgan fingerprint density at radius 2 is 2.04 bits per heavy atom. The third-order valence-electron chi connectivity index (χ3n) is 4.11. The molecule has 0 saturated carbocycles. The number of carbonyl (C=O) groups is 1. The van der Waals surface area contributed by atoms with Crippen LogP contribution >= 0.6 is 0 Å². The molecule has 0 bridgehead atoms. The average Bonchev–Trinajstić information content (AvgIpc) is 2.60. The fourth-order valence-electron chi connectivity index (χ4n) is 2.75. The number of nitrogens with one attached hydrogen (secondary N) is 1. The van der Waals surface area contributed by atoms with Gasteiger partial charge in [0.2, 0.25) is 15.9 Å². The summed E-state index contributed by atoms with van der Waals surface area (Å²) in [6.45, 7) is 1.23. The first-order chi connectivity index (χ1) is 11.9. The Balaban J connectivity index is 1.94. The Labute approximate surface area is 148 Å². The fourth-order valence-corrected chi connectivity index (χ4v) is 3.80. The number of ether oxygens (including phenoxy) is 2. The Bertz CT molecular complexity index is 708. The number of nitrogens with two attached hydrogens (primary N) is 1. The molecule has 25 heavy (non-hydrogen) atoms. The minimum absolute atomic E-state index is 0.00107. The van der Waals surface area contributed by atoms with E-state index in [2.05, 4.69) is 4.72 Å². The highest BCUT2D eigenvalue weighted by atomic mass is 32.2. The minimum Gasteiger partial charge on any atom is -0.493 e. The minimum atomic E-state index is -3.74. The molecule has 1 aromatic carbocycles. The molecule has 3 N–H and O–H groups in total. The molecule has 140 valence electrons. The van der Waals surface area contributed by atoms with Gasteiger partial charge in [-0.2, -0.15) is 0 Å². The molecule has 2 rings (SSSR count). The SMILES string of the molecule is COc1ccc(S(=O)(=O)NCCC(=O)N2CCCC(N)C2)cc1OC. The summed E-state index contributed by atoms with van der Waals surface area (Å²) in [5, 5.41) is 0. The number of benzene rings is 1. The number of sulfonamides is 1. The van der Waals surface area contributed by atoms with E-state index in [4.69, 9.17) is 15.2 Å². The van der Waals surface area contributed by atoms with Gasteiger partial charge in [0, 0.05) is 38.2 Å². The van der Waals surface area contributed by atoms with Gasteiger partial charge in [-0.25, -0.2) is 13.1 Å². The lowest BCUT2D eigenvalue weighted by molar-refractivity contribution is -0.132. The highest BCUT2D eigenvalue weighted by Crippen LogP contribution is 2.29. The van der Waals surface area contributed by atoms with Gasteiger partial charge in [0.15, 0.2) is 11.5 Å². The average molecular weight is 371 g/mol. The summed E-state index contributed by atoms with van der Waals surface area (Å²) in [5.74, 6) is 0.673. The van der Waals surface area contributed by atoms with Crippen LogP contribution in [0, 0.1) is 0 Å². The number of hydrogen-bond acceptors (Lipinski definition) is 6. The molecular weight excluding hydrogens is 346 g/mol. The van der Waals surface area contributed by atoms with Gasteiger partial charge >= 0.3 is 0 Å². The van der Waals surface area contributed by atoms with Gasteiger partial charge in [-0.1, -0.05) is 0 Å². The van der Waals surface area contributed by atoms with Gasteiger partial charge < -0.3 is 20.1 Å². The lowest BCUT2D eigenvalue weighted by Gasteiger charge is -2.30. The van der Waals surface area contributed by atoms with E-state index in [0.717, 1.165) is 12.8 Å². The van der Waals surface area contributed by atoms with Crippen molar-refractivity contribution in [3.63, 3.8) is 0 Å². The van der Waals surface area contributed by atoms with E-state index in [1.165, 1.54) is 32.4 Å². The van der Waals surface area contributed by atoms with Crippen molar-refractivity contribution in [1.82, 2.24) is 9.62 Å². The molecule has 1 saturated heterocycles. The first-order valence-electron chi connectivity index (χ1n) is 8.12. The van der Waals surface area contributed by atoms with Crippen LogP contribution in [0.2, 0.25) is 0 Å². The first-order valence-corrected chi connectivity index (χ1v) is 9.60. The normalized spacial score (nSPS) is 18.0. The number of amides is 1. The molecule has 1 heterocycles. The molecule has 1 atom stereocenters. The highest BCUT2D eigenvalue weighted by Gasteiger charge is 2.22. The Hall–Kier alpha value is -1.84. The smallest absolute Gasteiger partial charge is 0.240 e. The summed E-state index contributed by atoms with van der Waals surface area (Å²) in [7, 11) is -0.827. The Kier molecular flexibility index (Phi) is 6.63. The predicted molar refractivity (Wildman–Crippen MR) is 93.1 cm³/mol. The number of nitrogens with zero attached hydrogens (tertiary/aromatic N) is 1. The van der Waals surface area contributed by atoms with Gasteiger partial charge in [-0.15, -0.1) is 0 Å². The number of piperidine rings is 1. The Morgan fingerprint density at radius 3 is 2.68 bits per heavy atom. The van der Waals surface area contributed by atoms with E-state index in [-0.39, 0.29) is 29.8 Å². The van der Waals surface area contributed by atoms with Crippen molar-refractivity contribution in [3.8, 4) is 11.5 Å². The number of carbonyl (C=O) groups excluding carboxylic acids is 1. The van der Waals surface area contributed by atoms with Gasteiger partial charge in [0.1, 0.15) is 0 Å². The maximum absolute atomic E-state index is 12.4. The quantitative estimate of drug-likeness (QED) is 0.714. The molecule has 1 aliphatic heterocycles. The van der Waals surface area contributed by atoms with Crippen LogP contribution in [0.1, 0.15) is 19.3 Å². The molecule has 1 aliphatic rings. The van der Waals surface area contributed by atoms with Crippen molar-refractivity contribution in [3.05, 3.63) is 18.2 Å². The van der Waals surface area contributed by atoms with Gasteiger partial charge in [-0.3, -0.25) is 4.79 Å². The van der Waals surface area contributed by atoms with E-state index in [9.17, 15) is 13.2 Å². The summed E-state index contributed by atoms with van der Waals surface area (Å²) >= 11 is 0. The monoisotopic (exact) mass is 371 g/mol. The summed E-state index contributed by atoms with van der Waals surface area (Å²) in [6, 6.07) is 4.33. The second kappa shape index (κ2) is 8.50. The number of methoxy groups -OCH3 is 2. The third kappa shape index (κ3) is 5.07. The molecule has 1 aromatic rings. The second-order valence-corrected chi connectivity index (χ2v) is 7.67. The second-order valence-electron chi connectivity index (χ2n) is 5.91. The lowest BCUT2D eigenvalue weighted by atomic mass is 10.1. The standard InChI is InChI=1S/C16H25N3O5S/c1-23-14-6-5-13(10-15(14)24-2)25(21,22)18-8-7-16(20)19-9-3-4-12(17)11-19/h5-6,10,12,18H,3-4,7-9,11,17H2,1-2H3. The van der Waals surface area contributed by atoms with E-state index in [1.54, 1.807) is 4.90 Å². The maximum Gasteiger partial charge on any atom is 0.240 e. The van der Waals surface area contributed by atoms with Crippen LogP contribution in [0.15, 0.2) is 23.1 Å². The zero-order valence-corrected chi connectivity index (χ0v) is 15.3. The molecule has 1 unspecified atom stereocenters. The van der Waals surface area contributed by atoms with Crippen molar-refractivity contribution >= 4 is 15.9 Å². The van der Waals surface area contributed by atoms with Gasteiger partial charge in [0.25, 0.3) is 0 Å². The third-order valence-corrected chi connectivity index (χ3v) is 5.57. The molecule has 0 radical (unpaired) electrons. The number of hydrogen-bond donors (Lipinski definition) is 2. The van der Waals surface area contributed by atoms with Crippen LogP contribution < -0.4 is 19.9 Å². The van der Waals surface area contributed by atoms with E-state index >= 15 is 0 Å². The van der Waals surface area contributed by atoms with Crippen LogP contribution in [0.25, 0.3) is 0 Å². The van der Waals surface area contributed by atoms with Gasteiger partial charge in [-0.05, 0) is 25.0 Å². The van der Waals surface area contributed by atoms with Crippen LogP contribution in [0.3, 0.4) is 0 Å². The molecular formula is C16H25N3O5S. The molecule has 0 aromatic heterocycles. The highest BCUT2D eigenvalue weighted by molar-refractivity contribution is 7.89. The summed E-state index contributed by atoms with van der Waals surface area (Å²) in [4.78, 5) is 13.9. The van der Waals surface area contributed by atoms with Crippen molar-refractivity contribution < 1.29 is 22.7 Å². The number of rotatable bonds is 7. The van der Waals surface area contributed by atoms with E-state index in [0.29, 0.717) is 24.6 Å². The fraction of sp³-hybridized carbons (Fsp3) is 0.562. The summed E-state index contributed by atoms with van der Waals surface area (Å²) < 4.78 is 37.4. The Morgan fingerprint density at radius 1 is 1.32 bits per heavy atom. The van der Waals surface area contributed by atoms with E-state index in [1.807, 2.05) is 0 Å². The van der Waals surface area contributed by atoms with Crippen LogP contribution in [0.5, 0.6) is 11.5 Å². The predicted octanol–water partition coefficient (Wildman–Crippen LogP) is 0.322. The zero-order valence-electron chi connectivity index (χ0n) is 14.5. The number of likely N-dealkylation sites (tertiary alicyclic amines) is 1. The largest absolute Gasteiger partial charge is 0.493 e. The van der Waals surface area contributed by atoms with Crippen molar-refractivity contribution in [2.75, 3.05) is 33.9 Å². The summed E-state index contributed by atoms with van der Waals surface area (Å²) in [6.07, 6.45) is 1.89. The van der Waals surface area contributed by atoms with Crippen LogP contribution in [0.4, 0.5) is 0 Å². The molecule has 1 amide bonds. The van der Waals surface area contributed by atoms with Crippen molar-refractivity contribution in [2.24, 2.45) is 5.73 Å². The van der Waals surface area contributed by atoms with E-state index < -0.39 is 10.0 Å². The summed E-state index contributed by atoms with van der Waals surface area (Å²) in [5.41, 5.74) is 5.86. The molecule has 9 heteroatoms. The lowest BCUT2D eigenvalue weighted by Crippen LogP contribution is -2.46. The molecule has 0 spiro atoms. The van der Waals surface area contributed by atoms with Crippen LogP contribution in [-0.2, 0) is 14.8 Å². The molecule has 0 aliphatic carbocycles. The topological polar surface area (TPSA) is 111 Å². The van der Waals surface area contributed by atoms with Crippen molar-refractivity contribution in [1.29, 1.82) is 0 Å². The first kappa shape index (κ1) is 19.5. The maximum atomic E-state index is 12.4. The van der Waals surface area contributed by atoms with Gasteiger partial charge in [0.05, 0.1) is 19.1 Å². The molecule has 8 nitrogen and oxygen atoms in total. The van der Waals surface area contributed by atoms with Crippen LogP contribution in [-0.4, -0.2) is 59.1 Å². The van der Waals surface area contributed by atoms with Crippen molar-refractivity contribution in [2.45, 2.75) is 30.2 Å². The molecule has 1 fully saturated rings. The zero-order chi connectivity index (χ0) is 18.4.